The maximum atomic E-state index is 11.4. The van der Waals surface area contributed by atoms with E-state index in [1.807, 2.05) is 19.1 Å². The Kier molecular flexibility index (Phi) is 5.44. The van der Waals surface area contributed by atoms with Crippen molar-refractivity contribution in [3.05, 3.63) is 42.0 Å². The molecule has 0 radical (unpaired) electrons. The zero-order chi connectivity index (χ0) is 13.4. The number of carboxylic acid groups (broad SMARTS) is 1. The number of carbonyl (C=O) groups excluding carboxylic acids is 1. The van der Waals surface area contributed by atoms with E-state index in [0.717, 1.165) is 6.42 Å². The van der Waals surface area contributed by atoms with Crippen molar-refractivity contribution in [3.63, 3.8) is 0 Å². The van der Waals surface area contributed by atoms with Gasteiger partial charge in [0.1, 0.15) is 0 Å². The van der Waals surface area contributed by atoms with Crippen LogP contribution in [0.25, 0.3) is 0 Å². The smallest absolute Gasteiger partial charge is 0.335 e. The van der Waals surface area contributed by atoms with Crippen LogP contribution in [0.1, 0.15) is 23.7 Å². The molecule has 5 heteroatoms. The van der Waals surface area contributed by atoms with Crippen LogP contribution < -0.4 is 10.6 Å². The first kappa shape index (κ1) is 13.8. The van der Waals surface area contributed by atoms with Crippen LogP contribution in [0, 0.1) is 0 Å². The molecule has 0 aliphatic heterocycles. The molecular weight excluding hydrogens is 232 g/mol. The molecule has 0 aromatic heterocycles. The number of carboxylic acids is 1. The number of aromatic carboxylic acids is 1. The van der Waals surface area contributed by atoms with E-state index < -0.39 is 5.97 Å². The molecule has 96 valence electrons. The third-order valence-electron chi connectivity index (χ3n) is 2.22. The number of allylic oxidation sites excluding steroid dienone is 1. The molecule has 0 saturated carbocycles. The molecule has 0 aliphatic rings. The molecule has 1 rings (SSSR count). The number of anilines is 1. The predicted molar refractivity (Wildman–Crippen MR) is 69.9 cm³/mol. The lowest BCUT2D eigenvalue weighted by molar-refractivity contribution is 0.0697. The topological polar surface area (TPSA) is 78.4 Å². The minimum Gasteiger partial charge on any atom is -0.478 e. The highest BCUT2D eigenvalue weighted by Crippen LogP contribution is 2.09. The molecular formula is C13H16N2O3. The Balaban J connectivity index is 2.42. The van der Waals surface area contributed by atoms with Crippen molar-refractivity contribution in [3.8, 4) is 0 Å². The van der Waals surface area contributed by atoms with E-state index in [0.29, 0.717) is 12.2 Å². The molecule has 2 amide bonds. The van der Waals surface area contributed by atoms with Gasteiger partial charge in [-0.2, -0.15) is 0 Å². The van der Waals surface area contributed by atoms with Crippen molar-refractivity contribution in [2.24, 2.45) is 0 Å². The summed E-state index contributed by atoms with van der Waals surface area (Å²) in [7, 11) is 0. The second kappa shape index (κ2) is 7.11. The maximum absolute atomic E-state index is 11.4. The summed E-state index contributed by atoms with van der Waals surface area (Å²) in [4.78, 5) is 22.1. The molecule has 0 heterocycles. The van der Waals surface area contributed by atoms with Gasteiger partial charge < -0.3 is 15.7 Å². The van der Waals surface area contributed by atoms with E-state index in [2.05, 4.69) is 10.6 Å². The summed E-state index contributed by atoms with van der Waals surface area (Å²) in [5.74, 6) is -0.989. The Bertz CT molecular complexity index is 438. The third kappa shape index (κ3) is 4.69. The Morgan fingerprint density at radius 1 is 1.28 bits per heavy atom. The van der Waals surface area contributed by atoms with Gasteiger partial charge in [0.2, 0.25) is 0 Å². The first-order valence-electron chi connectivity index (χ1n) is 5.63. The van der Waals surface area contributed by atoms with E-state index in [1.165, 1.54) is 12.1 Å². The Hall–Kier alpha value is -2.30. The number of hydrogen-bond acceptors (Lipinski definition) is 2. The van der Waals surface area contributed by atoms with Gasteiger partial charge in [-0.15, -0.1) is 0 Å². The van der Waals surface area contributed by atoms with Crippen molar-refractivity contribution in [1.29, 1.82) is 0 Å². The van der Waals surface area contributed by atoms with Gasteiger partial charge >= 0.3 is 12.0 Å². The molecule has 0 spiro atoms. The number of amides is 2. The lowest BCUT2D eigenvalue weighted by Gasteiger charge is -2.06. The van der Waals surface area contributed by atoms with Crippen LogP contribution in [-0.2, 0) is 0 Å². The number of carbonyl (C=O) groups is 2. The predicted octanol–water partition coefficient (Wildman–Crippen LogP) is 2.47. The maximum Gasteiger partial charge on any atom is 0.335 e. The molecule has 0 saturated heterocycles. The number of hydrogen-bond donors (Lipinski definition) is 3. The summed E-state index contributed by atoms with van der Waals surface area (Å²) < 4.78 is 0. The van der Waals surface area contributed by atoms with Crippen LogP contribution >= 0.6 is 0 Å². The summed E-state index contributed by atoms with van der Waals surface area (Å²) in [5.41, 5.74) is 0.748. The van der Waals surface area contributed by atoms with Gasteiger partial charge in [0.05, 0.1) is 5.56 Å². The van der Waals surface area contributed by atoms with Crippen molar-refractivity contribution < 1.29 is 14.7 Å². The number of rotatable bonds is 5. The Morgan fingerprint density at radius 3 is 2.50 bits per heavy atom. The van der Waals surface area contributed by atoms with Gasteiger partial charge in [-0.25, -0.2) is 9.59 Å². The third-order valence-corrected chi connectivity index (χ3v) is 2.22. The summed E-state index contributed by atoms with van der Waals surface area (Å²) >= 11 is 0. The van der Waals surface area contributed by atoms with Gasteiger partial charge in [-0.1, -0.05) is 12.2 Å². The fourth-order valence-corrected chi connectivity index (χ4v) is 1.31. The normalized spacial score (nSPS) is 10.3. The summed E-state index contributed by atoms with van der Waals surface area (Å²) in [6, 6.07) is 5.68. The van der Waals surface area contributed by atoms with Crippen LogP contribution in [0.5, 0.6) is 0 Å². The van der Waals surface area contributed by atoms with E-state index in [1.54, 1.807) is 12.1 Å². The van der Waals surface area contributed by atoms with Crippen molar-refractivity contribution in [2.45, 2.75) is 13.3 Å². The quantitative estimate of drug-likeness (QED) is 0.553. The van der Waals surface area contributed by atoms with Crippen LogP contribution in [0.2, 0.25) is 0 Å². The molecule has 1 aromatic carbocycles. The van der Waals surface area contributed by atoms with Gasteiger partial charge in [0.25, 0.3) is 0 Å². The molecule has 0 unspecified atom stereocenters. The molecule has 3 N–H and O–H groups in total. The average Bonchev–Trinajstić information content (AvgIpc) is 2.35. The van der Waals surface area contributed by atoms with E-state index in [-0.39, 0.29) is 11.6 Å². The molecule has 5 nitrogen and oxygen atoms in total. The summed E-state index contributed by atoms with van der Waals surface area (Å²) in [6.07, 6.45) is 4.66. The fourth-order valence-electron chi connectivity index (χ4n) is 1.31. The zero-order valence-electron chi connectivity index (χ0n) is 10.1. The standard InChI is InChI=1S/C13H16N2O3/c1-2-3-4-9-14-13(18)15-11-7-5-10(6-8-11)12(16)17/h2-3,5-8H,4,9H2,1H3,(H,16,17)(H2,14,15,18)/b3-2+. The lowest BCUT2D eigenvalue weighted by Crippen LogP contribution is -2.29. The van der Waals surface area contributed by atoms with Gasteiger partial charge in [0, 0.05) is 12.2 Å². The number of nitrogens with one attached hydrogen (secondary N) is 2. The molecule has 1 aromatic rings. The van der Waals surface area contributed by atoms with Crippen LogP contribution in [-0.4, -0.2) is 23.7 Å². The van der Waals surface area contributed by atoms with Crippen molar-refractivity contribution >= 4 is 17.7 Å². The second-order valence-electron chi connectivity index (χ2n) is 3.62. The minimum absolute atomic E-state index is 0.189. The average molecular weight is 248 g/mol. The van der Waals surface area contributed by atoms with Crippen molar-refractivity contribution in [2.75, 3.05) is 11.9 Å². The summed E-state index contributed by atoms with van der Waals surface area (Å²) in [5, 5.41) is 14.0. The monoisotopic (exact) mass is 248 g/mol. The Morgan fingerprint density at radius 2 is 1.94 bits per heavy atom. The van der Waals surface area contributed by atoms with Crippen molar-refractivity contribution in [1.82, 2.24) is 5.32 Å². The SMILES string of the molecule is C/C=C/CCNC(=O)Nc1ccc(C(=O)O)cc1. The molecule has 18 heavy (non-hydrogen) atoms. The van der Waals surface area contributed by atoms with Crippen LogP contribution in [0.15, 0.2) is 36.4 Å². The highest BCUT2D eigenvalue weighted by Gasteiger charge is 2.03. The van der Waals surface area contributed by atoms with E-state index in [4.69, 9.17) is 5.11 Å². The molecule has 0 bridgehead atoms. The van der Waals surface area contributed by atoms with Crippen LogP contribution in [0.3, 0.4) is 0 Å². The fraction of sp³-hybridized carbons (Fsp3) is 0.231. The zero-order valence-corrected chi connectivity index (χ0v) is 10.1. The number of urea groups is 1. The van der Waals surface area contributed by atoms with Gasteiger partial charge in [-0.05, 0) is 37.6 Å². The first-order chi connectivity index (χ1) is 8.63. The minimum atomic E-state index is -0.989. The lowest BCUT2D eigenvalue weighted by atomic mass is 10.2. The first-order valence-corrected chi connectivity index (χ1v) is 5.63. The summed E-state index contributed by atoms with van der Waals surface area (Å²) in [6.45, 7) is 2.48. The molecule has 0 fully saturated rings. The highest BCUT2D eigenvalue weighted by molar-refractivity contribution is 5.91. The molecule has 0 aliphatic carbocycles. The van der Waals surface area contributed by atoms with Crippen LogP contribution in [0.4, 0.5) is 10.5 Å². The molecule has 0 atom stereocenters. The highest BCUT2D eigenvalue weighted by atomic mass is 16.4. The van der Waals surface area contributed by atoms with E-state index >= 15 is 0 Å². The van der Waals surface area contributed by atoms with Gasteiger partial charge in [-0.3, -0.25) is 0 Å². The van der Waals surface area contributed by atoms with E-state index in [9.17, 15) is 9.59 Å². The second-order valence-corrected chi connectivity index (χ2v) is 3.62. The van der Waals surface area contributed by atoms with Gasteiger partial charge in [0.15, 0.2) is 0 Å². The number of benzene rings is 1. The Labute approximate surface area is 106 Å². The largest absolute Gasteiger partial charge is 0.478 e.